The quantitative estimate of drug-likeness (QED) is 0.873. The van der Waals surface area contributed by atoms with Crippen molar-refractivity contribution in [2.24, 2.45) is 5.92 Å². The van der Waals surface area contributed by atoms with Crippen LogP contribution in [0.5, 0.6) is 0 Å². The van der Waals surface area contributed by atoms with Crippen molar-refractivity contribution in [3.05, 3.63) is 15.8 Å². The molecule has 0 atom stereocenters. The van der Waals surface area contributed by atoms with Crippen LogP contribution in [0, 0.1) is 12.8 Å². The largest absolute Gasteiger partial charge is 0.477 e. The fourth-order valence-corrected chi connectivity index (χ4v) is 5.17. The zero-order valence-corrected chi connectivity index (χ0v) is 12.3. The Labute approximate surface area is 116 Å². The molecule has 106 valence electrons. The Balaban J connectivity index is 2.19. The number of thiophene rings is 1. The van der Waals surface area contributed by atoms with Crippen molar-refractivity contribution in [1.82, 2.24) is 4.72 Å². The Bertz CT molecular complexity index is 571. The number of aryl methyl sites for hydroxylation is 1. The van der Waals surface area contributed by atoms with Gasteiger partial charge in [-0.1, -0.05) is 12.8 Å². The maximum absolute atomic E-state index is 12.2. The average molecular weight is 303 g/mol. The second-order valence-corrected chi connectivity index (χ2v) is 7.47. The molecule has 2 N–H and O–H groups in total. The summed E-state index contributed by atoms with van der Waals surface area (Å²) in [7, 11) is -3.73. The first-order valence-electron chi connectivity index (χ1n) is 6.23. The van der Waals surface area contributed by atoms with Gasteiger partial charge in [-0.2, -0.15) is 0 Å². The minimum atomic E-state index is -3.73. The molecule has 0 aromatic carbocycles. The molecule has 0 aliphatic heterocycles. The highest BCUT2D eigenvalue weighted by Gasteiger charge is 2.27. The zero-order chi connectivity index (χ0) is 14.0. The summed E-state index contributed by atoms with van der Waals surface area (Å²) in [4.78, 5) is 10.9. The fourth-order valence-electron chi connectivity index (χ4n) is 2.43. The molecule has 0 unspecified atom stereocenters. The van der Waals surface area contributed by atoms with Gasteiger partial charge in [0, 0.05) is 6.54 Å². The number of carboxylic acids is 1. The van der Waals surface area contributed by atoms with E-state index < -0.39 is 16.0 Å². The molecule has 0 spiro atoms. The van der Waals surface area contributed by atoms with Gasteiger partial charge >= 0.3 is 5.97 Å². The van der Waals surface area contributed by atoms with Gasteiger partial charge in [0.2, 0.25) is 10.0 Å². The summed E-state index contributed by atoms with van der Waals surface area (Å²) in [6.07, 6.45) is 4.36. The summed E-state index contributed by atoms with van der Waals surface area (Å²) in [5.74, 6) is -0.818. The molecule has 19 heavy (non-hydrogen) atoms. The molecule has 0 bridgehead atoms. The normalized spacial score (nSPS) is 16.9. The highest BCUT2D eigenvalue weighted by molar-refractivity contribution is 7.89. The molecule has 0 saturated heterocycles. The van der Waals surface area contributed by atoms with Crippen LogP contribution in [0.15, 0.2) is 10.3 Å². The van der Waals surface area contributed by atoms with Gasteiger partial charge in [0.15, 0.2) is 0 Å². The van der Waals surface area contributed by atoms with Gasteiger partial charge in [0.05, 0.1) is 0 Å². The summed E-state index contributed by atoms with van der Waals surface area (Å²) >= 11 is 0.951. The van der Waals surface area contributed by atoms with E-state index in [2.05, 4.69) is 4.72 Å². The van der Waals surface area contributed by atoms with Gasteiger partial charge in [-0.05, 0) is 36.6 Å². The first-order valence-corrected chi connectivity index (χ1v) is 8.59. The number of nitrogens with one attached hydrogen (secondary N) is 1. The molecule has 0 radical (unpaired) electrons. The Kier molecular flexibility index (Phi) is 4.27. The fraction of sp³-hybridized carbons (Fsp3) is 0.583. The van der Waals surface area contributed by atoms with E-state index in [1.807, 2.05) is 0 Å². The minimum Gasteiger partial charge on any atom is -0.477 e. The lowest BCUT2D eigenvalue weighted by atomic mass is 10.1. The zero-order valence-electron chi connectivity index (χ0n) is 10.7. The lowest BCUT2D eigenvalue weighted by Gasteiger charge is -2.11. The highest BCUT2D eigenvalue weighted by atomic mass is 32.2. The standard InChI is InChI=1S/C12H17NO4S2/c1-8-7-18-10(12(14)15)11(8)19(16,17)13-6-9-4-2-3-5-9/h7,9,13H,2-6H2,1H3,(H,14,15). The van der Waals surface area contributed by atoms with Crippen molar-refractivity contribution in [2.45, 2.75) is 37.5 Å². The summed E-state index contributed by atoms with van der Waals surface area (Å²) < 4.78 is 27.0. The summed E-state index contributed by atoms with van der Waals surface area (Å²) in [6, 6.07) is 0. The van der Waals surface area contributed by atoms with Gasteiger partial charge in [-0.25, -0.2) is 17.9 Å². The van der Waals surface area contributed by atoms with Gasteiger partial charge < -0.3 is 5.11 Å². The number of hydrogen-bond donors (Lipinski definition) is 2. The molecule has 1 aliphatic carbocycles. The topological polar surface area (TPSA) is 83.5 Å². The van der Waals surface area contributed by atoms with Gasteiger partial charge in [0.1, 0.15) is 9.77 Å². The van der Waals surface area contributed by atoms with Crippen LogP contribution >= 0.6 is 11.3 Å². The number of carbonyl (C=O) groups is 1. The van der Waals surface area contributed by atoms with Crippen molar-refractivity contribution < 1.29 is 18.3 Å². The van der Waals surface area contributed by atoms with Gasteiger partial charge in [0.25, 0.3) is 0 Å². The van der Waals surface area contributed by atoms with E-state index in [-0.39, 0.29) is 9.77 Å². The number of sulfonamides is 1. The summed E-state index contributed by atoms with van der Waals surface area (Å²) in [5, 5.41) is 10.6. The van der Waals surface area contributed by atoms with Crippen molar-refractivity contribution in [3.63, 3.8) is 0 Å². The molecule has 1 saturated carbocycles. The molecule has 1 aromatic heterocycles. The molecule has 7 heteroatoms. The van der Waals surface area contributed by atoms with Crippen LogP contribution in [0.1, 0.15) is 40.9 Å². The van der Waals surface area contributed by atoms with Gasteiger partial charge in [-0.3, -0.25) is 0 Å². The van der Waals surface area contributed by atoms with Crippen molar-refractivity contribution in [3.8, 4) is 0 Å². The Morgan fingerprint density at radius 2 is 2.11 bits per heavy atom. The number of rotatable bonds is 5. The predicted octanol–water partition coefficient (Wildman–Crippen LogP) is 2.22. The predicted molar refractivity (Wildman–Crippen MR) is 73.2 cm³/mol. The van der Waals surface area contributed by atoms with E-state index >= 15 is 0 Å². The van der Waals surface area contributed by atoms with Crippen molar-refractivity contribution in [2.75, 3.05) is 6.54 Å². The molecule has 2 rings (SSSR count). The van der Waals surface area contributed by atoms with Crippen LogP contribution in [0.25, 0.3) is 0 Å². The third-order valence-corrected chi connectivity index (χ3v) is 6.24. The molecule has 0 amide bonds. The number of carboxylic acid groups (broad SMARTS) is 1. The van der Waals surface area contributed by atoms with Crippen LogP contribution in [0.4, 0.5) is 0 Å². The van der Waals surface area contributed by atoms with E-state index in [1.54, 1.807) is 12.3 Å². The molecular formula is C12H17NO4S2. The minimum absolute atomic E-state index is 0.0806. The third-order valence-electron chi connectivity index (χ3n) is 3.42. The maximum atomic E-state index is 12.2. The van der Waals surface area contributed by atoms with E-state index in [9.17, 15) is 13.2 Å². The van der Waals surface area contributed by atoms with E-state index in [1.165, 1.54) is 0 Å². The van der Waals surface area contributed by atoms with Gasteiger partial charge in [-0.15, -0.1) is 11.3 Å². The summed E-state index contributed by atoms with van der Waals surface area (Å²) in [5.41, 5.74) is 0.487. The van der Waals surface area contributed by atoms with Crippen LogP contribution in [-0.4, -0.2) is 26.0 Å². The second-order valence-electron chi connectivity index (χ2n) is 4.88. The molecule has 1 fully saturated rings. The number of hydrogen-bond acceptors (Lipinski definition) is 4. The van der Waals surface area contributed by atoms with E-state index in [4.69, 9.17) is 5.11 Å². The lowest BCUT2D eigenvalue weighted by Crippen LogP contribution is -2.29. The molecule has 1 aromatic rings. The Morgan fingerprint density at radius 3 is 2.68 bits per heavy atom. The first kappa shape index (κ1) is 14.5. The average Bonchev–Trinajstić information content (AvgIpc) is 2.95. The van der Waals surface area contributed by atoms with Crippen LogP contribution in [-0.2, 0) is 10.0 Å². The van der Waals surface area contributed by atoms with E-state index in [0.717, 1.165) is 37.0 Å². The molecular weight excluding hydrogens is 286 g/mol. The van der Waals surface area contributed by atoms with E-state index in [0.29, 0.717) is 18.0 Å². The monoisotopic (exact) mass is 303 g/mol. The van der Waals surface area contributed by atoms with Crippen LogP contribution < -0.4 is 4.72 Å². The smallest absolute Gasteiger partial charge is 0.347 e. The van der Waals surface area contributed by atoms with Crippen LogP contribution in [0.2, 0.25) is 0 Å². The molecule has 1 heterocycles. The van der Waals surface area contributed by atoms with Crippen molar-refractivity contribution >= 4 is 27.3 Å². The van der Waals surface area contributed by atoms with Crippen molar-refractivity contribution in [1.29, 1.82) is 0 Å². The summed E-state index contributed by atoms with van der Waals surface area (Å²) in [6.45, 7) is 2.02. The maximum Gasteiger partial charge on any atom is 0.347 e. The molecule has 5 nitrogen and oxygen atoms in total. The SMILES string of the molecule is Cc1csc(C(=O)O)c1S(=O)(=O)NCC1CCCC1. The highest BCUT2D eigenvalue weighted by Crippen LogP contribution is 2.28. The lowest BCUT2D eigenvalue weighted by molar-refractivity contribution is 0.0698. The Hall–Kier alpha value is -0.920. The van der Waals surface area contributed by atoms with Crippen LogP contribution in [0.3, 0.4) is 0 Å². The Morgan fingerprint density at radius 1 is 1.47 bits per heavy atom. The number of aromatic carboxylic acids is 1. The second kappa shape index (κ2) is 5.60. The third kappa shape index (κ3) is 3.16. The molecule has 1 aliphatic rings. The first-order chi connectivity index (χ1) is 8.92.